The van der Waals surface area contributed by atoms with E-state index >= 15 is 0 Å². The van der Waals surface area contributed by atoms with E-state index in [0.29, 0.717) is 5.69 Å². The van der Waals surface area contributed by atoms with Crippen molar-refractivity contribution in [1.82, 2.24) is 19.2 Å². The molecule has 0 unspecified atom stereocenters. The fraction of sp³-hybridized carbons (Fsp3) is 0.150. The van der Waals surface area contributed by atoms with Crippen molar-refractivity contribution in [3.8, 4) is 11.3 Å². The summed E-state index contributed by atoms with van der Waals surface area (Å²) in [4.78, 5) is 17.2. The van der Waals surface area contributed by atoms with Crippen molar-refractivity contribution in [3.63, 3.8) is 0 Å². The number of carbonyl (C=O) groups is 1. The van der Waals surface area contributed by atoms with Crippen LogP contribution in [0.1, 0.15) is 21.6 Å². The summed E-state index contributed by atoms with van der Waals surface area (Å²) in [5, 5.41) is 6.99. The van der Waals surface area contributed by atoms with Crippen LogP contribution < -0.4 is 5.32 Å². The van der Waals surface area contributed by atoms with Crippen molar-refractivity contribution in [2.24, 2.45) is 7.05 Å². The van der Waals surface area contributed by atoms with Crippen molar-refractivity contribution in [2.75, 3.05) is 5.32 Å². The molecule has 3 heterocycles. The molecule has 0 radical (unpaired) electrons. The van der Waals surface area contributed by atoms with Crippen LogP contribution in [0.2, 0.25) is 0 Å². The number of nitrogens with one attached hydrogen (secondary N) is 1. The van der Waals surface area contributed by atoms with Gasteiger partial charge in [0.05, 0.1) is 5.69 Å². The highest BCUT2D eigenvalue weighted by molar-refractivity contribution is 6.03. The molecule has 0 bridgehead atoms. The fourth-order valence-corrected chi connectivity index (χ4v) is 3.05. The van der Waals surface area contributed by atoms with E-state index in [-0.39, 0.29) is 5.91 Å². The monoisotopic (exact) mass is 345 g/mol. The Kier molecular flexibility index (Phi) is 3.80. The molecule has 1 N–H and O–H groups in total. The lowest BCUT2D eigenvalue weighted by Gasteiger charge is -2.09. The highest BCUT2D eigenvalue weighted by Crippen LogP contribution is 2.25. The van der Waals surface area contributed by atoms with Crippen molar-refractivity contribution in [1.29, 1.82) is 0 Å². The van der Waals surface area contributed by atoms with Crippen LogP contribution in [0.3, 0.4) is 0 Å². The molecule has 0 atom stereocenters. The first kappa shape index (κ1) is 16.1. The van der Waals surface area contributed by atoms with Gasteiger partial charge in [-0.05, 0) is 31.0 Å². The van der Waals surface area contributed by atoms with E-state index in [9.17, 15) is 4.79 Å². The third kappa shape index (κ3) is 2.75. The summed E-state index contributed by atoms with van der Waals surface area (Å²) in [6.45, 7) is 4.04. The maximum atomic E-state index is 12.5. The number of pyridine rings is 1. The molecule has 4 aromatic rings. The lowest BCUT2D eigenvalue weighted by atomic mass is 10.1. The summed E-state index contributed by atoms with van der Waals surface area (Å²) >= 11 is 0. The largest absolute Gasteiger partial charge is 0.320 e. The highest BCUT2D eigenvalue weighted by atomic mass is 16.2. The van der Waals surface area contributed by atoms with E-state index in [0.717, 1.165) is 28.2 Å². The number of aromatic nitrogens is 4. The first-order chi connectivity index (χ1) is 12.5. The Balaban J connectivity index is 1.71. The SMILES string of the molecule is Cc1cn2cc(-c3ccccc3C)nc2cc1NC(=O)c1ccnn1C. The molecule has 1 aromatic carbocycles. The molecule has 0 saturated heterocycles. The zero-order chi connectivity index (χ0) is 18.3. The van der Waals surface area contributed by atoms with Crippen LogP contribution in [0.15, 0.2) is 55.0 Å². The summed E-state index contributed by atoms with van der Waals surface area (Å²) < 4.78 is 3.53. The molecule has 6 nitrogen and oxygen atoms in total. The summed E-state index contributed by atoms with van der Waals surface area (Å²) in [5.74, 6) is -0.192. The molecule has 0 fully saturated rings. The lowest BCUT2D eigenvalue weighted by Crippen LogP contribution is -2.16. The van der Waals surface area contributed by atoms with Crippen LogP contribution in [-0.4, -0.2) is 25.1 Å². The van der Waals surface area contributed by atoms with Gasteiger partial charge in [-0.15, -0.1) is 0 Å². The van der Waals surface area contributed by atoms with Gasteiger partial charge >= 0.3 is 0 Å². The smallest absolute Gasteiger partial charge is 0.273 e. The number of fused-ring (bicyclic) bond motifs is 1. The standard InChI is InChI=1S/C20H19N5O/c1-13-6-4-5-7-15(13)17-12-25-11-14(2)16(10-19(25)22-17)23-20(26)18-8-9-21-24(18)3/h4-12H,1-3H3,(H,23,26). The number of anilines is 1. The van der Waals surface area contributed by atoms with Crippen molar-refractivity contribution in [2.45, 2.75) is 13.8 Å². The van der Waals surface area contributed by atoms with E-state index in [1.54, 1.807) is 24.0 Å². The Hall–Kier alpha value is -3.41. The zero-order valence-electron chi connectivity index (χ0n) is 14.9. The van der Waals surface area contributed by atoms with Gasteiger partial charge in [0.15, 0.2) is 0 Å². The maximum Gasteiger partial charge on any atom is 0.273 e. The van der Waals surface area contributed by atoms with Gasteiger partial charge in [-0.1, -0.05) is 24.3 Å². The quantitative estimate of drug-likeness (QED) is 0.617. The molecule has 0 saturated carbocycles. The third-order valence-electron chi connectivity index (χ3n) is 4.51. The van der Waals surface area contributed by atoms with Crippen molar-refractivity contribution >= 4 is 17.2 Å². The van der Waals surface area contributed by atoms with Gasteiger partial charge in [0.1, 0.15) is 11.3 Å². The minimum atomic E-state index is -0.192. The van der Waals surface area contributed by atoms with Crippen LogP contribution in [0, 0.1) is 13.8 Å². The van der Waals surface area contributed by atoms with Gasteiger partial charge in [-0.2, -0.15) is 5.10 Å². The van der Waals surface area contributed by atoms with Gasteiger partial charge in [-0.3, -0.25) is 9.48 Å². The lowest BCUT2D eigenvalue weighted by molar-refractivity contribution is 0.101. The number of nitrogens with zero attached hydrogens (tertiary/aromatic N) is 4. The molecular formula is C20H19N5O. The van der Waals surface area contributed by atoms with Gasteiger partial charge in [0.2, 0.25) is 0 Å². The summed E-state index contributed by atoms with van der Waals surface area (Å²) in [7, 11) is 1.74. The van der Waals surface area contributed by atoms with Crippen LogP contribution >= 0.6 is 0 Å². The number of benzene rings is 1. The average molecular weight is 345 g/mol. The molecule has 0 aliphatic heterocycles. The molecule has 130 valence electrons. The number of hydrogen-bond acceptors (Lipinski definition) is 3. The van der Waals surface area contributed by atoms with Gasteiger partial charge in [-0.25, -0.2) is 4.98 Å². The zero-order valence-corrected chi connectivity index (χ0v) is 14.9. The summed E-state index contributed by atoms with van der Waals surface area (Å²) in [5.41, 5.74) is 6.19. The minimum Gasteiger partial charge on any atom is -0.320 e. The Morgan fingerprint density at radius 2 is 1.88 bits per heavy atom. The van der Waals surface area contributed by atoms with E-state index in [4.69, 9.17) is 4.98 Å². The summed E-state index contributed by atoms with van der Waals surface area (Å²) in [6.07, 6.45) is 5.59. The Morgan fingerprint density at radius 1 is 1.08 bits per heavy atom. The van der Waals surface area contributed by atoms with E-state index < -0.39 is 0 Å². The maximum absolute atomic E-state index is 12.5. The fourth-order valence-electron chi connectivity index (χ4n) is 3.05. The topological polar surface area (TPSA) is 64.2 Å². The minimum absolute atomic E-state index is 0.192. The molecule has 0 aliphatic rings. The Bertz CT molecular complexity index is 1120. The molecule has 6 heteroatoms. The van der Waals surface area contributed by atoms with Crippen molar-refractivity contribution < 1.29 is 4.79 Å². The van der Waals surface area contributed by atoms with E-state index in [1.807, 2.05) is 41.9 Å². The number of hydrogen-bond donors (Lipinski definition) is 1. The Labute approximate surface area is 151 Å². The average Bonchev–Trinajstić information content (AvgIpc) is 3.21. The molecule has 0 spiro atoms. The molecule has 26 heavy (non-hydrogen) atoms. The number of rotatable bonds is 3. The van der Waals surface area contributed by atoms with Crippen molar-refractivity contribution in [3.05, 3.63) is 71.8 Å². The van der Waals surface area contributed by atoms with Gasteiger partial charge in [0, 0.05) is 43.0 Å². The number of aryl methyl sites for hydroxylation is 3. The van der Waals surface area contributed by atoms with Crippen LogP contribution in [-0.2, 0) is 7.05 Å². The summed E-state index contributed by atoms with van der Waals surface area (Å²) in [6, 6.07) is 11.8. The van der Waals surface area contributed by atoms with Gasteiger partial charge in [0.25, 0.3) is 5.91 Å². The number of amides is 1. The molecular weight excluding hydrogens is 326 g/mol. The highest BCUT2D eigenvalue weighted by Gasteiger charge is 2.13. The predicted molar refractivity (Wildman–Crippen MR) is 101 cm³/mol. The number of imidazole rings is 1. The first-order valence-corrected chi connectivity index (χ1v) is 8.37. The first-order valence-electron chi connectivity index (χ1n) is 8.37. The number of carbonyl (C=O) groups excluding carboxylic acids is 1. The molecule has 3 aromatic heterocycles. The van der Waals surface area contributed by atoms with Crippen LogP contribution in [0.4, 0.5) is 5.69 Å². The second kappa shape index (κ2) is 6.15. The third-order valence-corrected chi connectivity index (χ3v) is 4.51. The van der Waals surface area contributed by atoms with E-state index in [2.05, 4.69) is 29.5 Å². The second-order valence-electron chi connectivity index (χ2n) is 6.37. The molecule has 4 rings (SSSR count). The Morgan fingerprint density at radius 3 is 2.62 bits per heavy atom. The predicted octanol–water partition coefficient (Wildman–Crippen LogP) is 3.60. The molecule has 1 amide bonds. The molecule has 0 aliphatic carbocycles. The van der Waals surface area contributed by atoms with Crippen LogP contribution in [0.5, 0.6) is 0 Å². The van der Waals surface area contributed by atoms with Gasteiger partial charge < -0.3 is 9.72 Å². The normalized spacial score (nSPS) is 11.0. The second-order valence-corrected chi connectivity index (χ2v) is 6.37. The van der Waals surface area contributed by atoms with Crippen LogP contribution in [0.25, 0.3) is 16.9 Å². The van der Waals surface area contributed by atoms with E-state index in [1.165, 1.54) is 5.56 Å².